The number of anilines is 2. The van der Waals surface area contributed by atoms with Gasteiger partial charge in [-0.05, 0) is 78.9 Å². The molecule has 1 amide bonds. The number of aromatic nitrogens is 3. The SMILES string of the molecule is CCOc1ccccc1NC(=O)C1=C(C)Nc2ncnn2C1c1cc(Br)c(OCCC(C)C)c(OCC)c1. The van der Waals surface area contributed by atoms with Crippen molar-refractivity contribution in [1.82, 2.24) is 14.8 Å². The highest BCUT2D eigenvalue weighted by Gasteiger charge is 2.35. The zero-order valence-corrected chi connectivity index (χ0v) is 24.0. The highest BCUT2D eigenvalue weighted by molar-refractivity contribution is 9.10. The summed E-state index contributed by atoms with van der Waals surface area (Å²) >= 11 is 3.69. The highest BCUT2D eigenvalue weighted by Crippen LogP contribution is 2.43. The molecule has 1 atom stereocenters. The van der Waals surface area contributed by atoms with Crippen molar-refractivity contribution in [3.63, 3.8) is 0 Å². The lowest BCUT2D eigenvalue weighted by Crippen LogP contribution is -2.31. The first-order valence-corrected chi connectivity index (χ1v) is 13.6. The van der Waals surface area contributed by atoms with Gasteiger partial charge in [0.05, 0.1) is 35.6 Å². The van der Waals surface area contributed by atoms with Crippen LogP contribution in [0.25, 0.3) is 0 Å². The molecule has 0 saturated heterocycles. The van der Waals surface area contributed by atoms with Crippen LogP contribution < -0.4 is 24.8 Å². The van der Waals surface area contributed by atoms with Gasteiger partial charge in [-0.2, -0.15) is 10.1 Å². The number of amides is 1. The summed E-state index contributed by atoms with van der Waals surface area (Å²) in [7, 11) is 0. The fourth-order valence-electron chi connectivity index (χ4n) is 4.28. The van der Waals surface area contributed by atoms with Gasteiger partial charge in [-0.1, -0.05) is 26.0 Å². The van der Waals surface area contributed by atoms with E-state index in [0.717, 1.165) is 16.5 Å². The Morgan fingerprint density at radius 2 is 1.87 bits per heavy atom. The smallest absolute Gasteiger partial charge is 0.255 e. The number of carbonyl (C=O) groups excluding carboxylic acids is 1. The van der Waals surface area contributed by atoms with Crippen molar-refractivity contribution in [3.05, 3.63) is 64.0 Å². The number of hydrogen-bond donors (Lipinski definition) is 2. The zero-order valence-electron chi connectivity index (χ0n) is 22.4. The van der Waals surface area contributed by atoms with Crippen LogP contribution in [-0.4, -0.2) is 40.5 Å². The number of rotatable bonds is 11. The predicted octanol–water partition coefficient (Wildman–Crippen LogP) is 6.19. The fraction of sp³-hybridized carbons (Fsp3) is 0.393. The van der Waals surface area contributed by atoms with Crippen molar-refractivity contribution in [3.8, 4) is 17.2 Å². The predicted molar refractivity (Wildman–Crippen MR) is 151 cm³/mol. The monoisotopic (exact) mass is 583 g/mol. The quantitative estimate of drug-likeness (QED) is 0.277. The lowest BCUT2D eigenvalue weighted by atomic mass is 9.94. The Kier molecular flexibility index (Phi) is 8.93. The molecule has 1 aliphatic rings. The Hall–Kier alpha value is -3.53. The number of fused-ring (bicyclic) bond motifs is 1. The van der Waals surface area contributed by atoms with Crippen molar-refractivity contribution < 1.29 is 19.0 Å². The average Bonchev–Trinajstić information content (AvgIpc) is 3.34. The van der Waals surface area contributed by atoms with Crippen LogP contribution in [-0.2, 0) is 4.79 Å². The Bertz CT molecular complexity index is 1320. The van der Waals surface area contributed by atoms with Crippen LogP contribution in [0.1, 0.15) is 52.6 Å². The Morgan fingerprint density at radius 3 is 2.61 bits per heavy atom. The summed E-state index contributed by atoms with van der Waals surface area (Å²) in [6, 6.07) is 10.7. The molecule has 3 aromatic rings. The summed E-state index contributed by atoms with van der Waals surface area (Å²) in [4.78, 5) is 18.2. The lowest BCUT2D eigenvalue weighted by Gasteiger charge is -2.29. The molecule has 0 fully saturated rings. The molecule has 0 radical (unpaired) electrons. The first kappa shape index (κ1) is 27.5. The molecule has 2 aromatic carbocycles. The van der Waals surface area contributed by atoms with Crippen LogP contribution in [0.3, 0.4) is 0 Å². The molecule has 0 aliphatic carbocycles. The van der Waals surface area contributed by atoms with Crippen LogP contribution in [0, 0.1) is 5.92 Å². The van der Waals surface area contributed by atoms with Gasteiger partial charge in [-0.25, -0.2) is 4.68 Å². The molecule has 1 aromatic heterocycles. The van der Waals surface area contributed by atoms with Gasteiger partial charge >= 0.3 is 0 Å². The molecular weight excluding hydrogens is 550 g/mol. The van der Waals surface area contributed by atoms with Crippen LogP contribution in [0.15, 0.2) is 58.5 Å². The molecular formula is C28H34BrN5O4. The summed E-state index contributed by atoms with van der Waals surface area (Å²) in [6.07, 6.45) is 2.39. The van der Waals surface area contributed by atoms with E-state index in [9.17, 15) is 4.79 Å². The topological polar surface area (TPSA) is 99.5 Å². The van der Waals surface area contributed by atoms with Crippen LogP contribution in [0.5, 0.6) is 17.2 Å². The van der Waals surface area contributed by atoms with Crippen LogP contribution in [0.4, 0.5) is 11.6 Å². The van der Waals surface area contributed by atoms with E-state index in [1.807, 2.05) is 57.2 Å². The second-order valence-electron chi connectivity index (χ2n) is 9.27. The van der Waals surface area contributed by atoms with E-state index in [1.165, 1.54) is 6.33 Å². The molecule has 2 heterocycles. The van der Waals surface area contributed by atoms with E-state index in [1.54, 1.807) is 4.68 Å². The summed E-state index contributed by atoms with van der Waals surface area (Å²) < 4.78 is 20.3. The van der Waals surface area contributed by atoms with Gasteiger partial charge < -0.3 is 24.8 Å². The average molecular weight is 585 g/mol. The van der Waals surface area contributed by atoms with Gasteiger partial charge in [0, 0.05) is 5.70 Å². The summed E-state index contributed by atoms with van der Waals surface area (Å²) in [5.41, 5.74) is 2.56. The molecule has 9 nitrogen and oxygen atoms in total. The van der Waals surface area contributed by atoms with Crippen molar-refractivity contribution in [2.45, 2.75) is 47.1 Å². The Balaban J connectivity index is 1.75. The van der Waals surface area contributed by atoms with Crippen LogP contribution >= 0.6 is 15.9 Å². The van der Waals surface area contributed by atoms with E-state index in [2.05, 4.69) is 50.5 Å². The van der Waals surface area contributed by atoms with Crippen molar-refractivity contribution in [2.24, 2.45) is 5.92 Å². The molecule has 10 heteroatoms. The van der Waals surface area contributed by atoms with E-state index in [0.29, 0.717) is 65.9 Å². The second kappa shape index (κ2) is 12.3. The van der Waals surface area contributed by atoms with Crippen LogP contribution in [0.2, 0.25) is 0 Å². The minimum absolute atomic E-state index is 0.278. The van der Waals surface area contributed by atoms with Gasteiger partial charge in [0.2, 0.25) is 5.95 Å². The number of hydrogen-bond acceptors (Lipinski definition) is 7. The highest BCUT2D eigenvalue weighted by atomic mass is 79.9. The van der Waals surface area contributed by atoms with E-state index < -0.39 is 6.04 Å². The summed E-state index contributed by atoms with van der Waals surface area (Å²) in [5.74, 6) is 2.63. The third-order valence-electron chi connectivity index (χ3n) is 6.06. The second-order valence-corrected chi connectivity index (χ2v) is 10.1. The molecule has 2 N–H and O–H groups in total. The summed E-state index contributed by atoms with van der Waals surface area (Å²) in [6.45, 7) is 11.5. The Morgan fingerprint density at radius 1 is 1.13 bits per heavy atom. The van der Waals surface area contributed by atoms with Gasteiger partial charge in [-0.15, -0.1) is 0 Å². The molecule has 0 saturated carbocycles. The van der Waals surface area contributed by atoms with Gasteiger partial charge in [0.1, 0.15) is 18.1 Å². The standard InChI is InChI=1S/C28H34BrN5O4/c1-6-36-22-11-9-8-10-21(22)33-27(35)24-18(5)32-28-30-16-31-34(28)25(24)19-14-20(29)26(23(15-19)37-7-2)38-13-12-17(3)4/h8-11,14-17,25H,6-7,12-13H2,1-5H3,(H,33,35)(H,30,31,32). The first-order chi connectivity index (χ1) is 18.3. The van der Waals surface area contributed by atoms with Gasteiger partial charge in [0.15, 0.2) is 11.5 Å². The fourth-order valence-corrected chi connectivity index (χ4v) is 4.85. The third kappa shape index (κ3) is 5.96. The van der Waals surface area contributed by atoms with Crippen molar-refractivity contribution in [2.75, 3.05) is 30.5 Å². The van der Waals surface area contributed by atoms with E-state index in [4.69, 9.17) is 14.2 Å². The number of carbonyl (C=O) groups is 1. The number of halogens is 1. The number of allylic oxidation sites excluding steroid dienone is 1. The van der Waals surface area contributed by atoms with Crippen molar-refractivity contribution in [1.29, 1.82) is 0 Å². The lowest BCUT2D eigenvalue weighted by molar-refractivity contribution is -0.113. The number of benzene rings is 2. The normalized spacial score (nSPS) is 14.7. The molecule has 1 aliphatic heterocycles. The molecule has 202 valence electrons. The molecule has 0 bridgehead atoms. The van der Waals surface area contributed by atoms with Gasteiger partial charge in [0.25, 0.3) is 5.91 Å². The minimum atomic E-state index is -0.562. The maximum absolute atomic E-state index is 13.8. The maximum atomic E-state index is 13.8. The van der Waals surface area contributed by atoms with Crippen molar-refractivity contribution >= 4 is 33.5 Å². The summed E-state index contributed by atoms with van der Waals surface area (Å²) in [5, 5.41) is 10.7. The Labute approximate surface area is 231 Å². The molecule has 0 spiro atoms. The molecule has 4 rings (SSSR count). The molecule has 1 unspecified atom stereocenters. The zero-order chi connectivity index (χ0) is 27.2. The molecule has 38 heavy (non-hydrogen) atoms. The number of nitrogens with one attached hydrogen (secondary N) is 2. The minimum Gasteiger partial charge on any atom is -0.492 e. The third-order valence-corrected chi connectivity index (χ3v) is 6.65. The number of nitrogens with zero attached hydrogens (tertiary/aromatic N) is 3. The maximum Gasteiger partial charge on any atom is 0.255 e. The largest absolute Gasteiger partial charge is 0.492 e. The van der Waals surface area contributed by atoms with E-state index >= 15 is 0 Å². The number of ether oxygens (including phenoxy) is 3. The first-order valence-electron chi connectivity index (χ1n) is 12.8. The van der Waals surface area contributed by atoms with Gasteiger partial charge in [-0.3, -0.25) is 4.79 Å². The van der Waals surface area contributed by atoms with E-state index in [-0.39, 0.29) is 5.91 Å². The number of para-hydroxylation sites is 2.